The standard InChI is InChI=1S/C15H20N4O2.ClH/c1-11-4-6-12(7-5-11)19-14(20)10-13(17-19)15(21)18(3)9-8-16-2;/h4-7,10,16-17H,8-9H2,1-3H3;1H. The summed E-state index contributed by atoms with van der Waals surface area (Å²) in [6.45, 7) is 3.26. The summed E-state index contributed by atoms with van der Waals surface area (Å²) in [6, 6.07) is 8.85. The molecule has 0 aliphatic carbocycles. The van der Waals surface area contributed by atoms with Gasteiger partial charge in [-0.2, -0.15) is 0 Å². The van der Waals surface area contributed by atoms with E-state index in [0.29, 0.717) is 24.5 Å². The van der Waals surface area contributed by atoms with Gasteiger partial charge in [-0.05, 0) is 26.1 Å². The van der Waals surface area contributed by atoms with E-state index in [1.165, 1.54) is 10.7 Å². The van der Waals surface area contributed by atoms with Crippen LogP contribution in [0, 0.1) is 6.92 Å². The van der Waals surface area contributed by atoms with Crippen LogP contribution in [0.1, 0.15) is 16.1 Å². The zero-order valence-corrected chi connectivity index (χ0v) is 13.7. The normalized spacial score (nSPS) is 10.1. The quantitative estimate of drug-likeness (QED) is 0.868. The lowest BCUT2D eigenvalue weighted by molar-refractivity contribution is 0.0790. The van der Waals surface area contributed by atoms with Crippen LogP contribution >= 0.6 is 12.4 Å². The average Bonchev–Trinajstić information content (AvgIpc) is 2.86. The zero-order chi connectivity index (χ0) is 15.4. The number of H-pyrrole nitrogens is 1. The summed E-state index contributed by atoms with van der Waals surface area (Å²) in [5.41, 5.74) is 1.87. The molecule has 1 heterocycles. The van der Waals surface area contributed by atoms with Crippen LogP contribution < -0.4 is 10.9 Å². The first-order valence-electron chi connectivity index (χ1n) is 6.82. The van der Waals surface area contributed by atoms with E-state index in [4.69, 9.17) is 0 Å². The third kappa shape index (κ3) is 3.99. The van der Waals surface area contributed by atoms with E-state index in [2.05, 4.69) is 10.4 Å². The summed E-state index contributed by atoms with van der Waals surface area (Å²) < 4.78 is 1.37. The lowest BCUT2D eigenvalue weighted by Crippen LogP contribution is -2.33. The summed E-state index contributed by atoms with van der Waals surface area (Å²) in [4.78, 5) is 25.8. The highest BCUT2D eigenvalue weighted by atomic mass is 35.5. The number of aryl methyl sites for hydroxylation is 1. The van der Waals surface area contributed by atoms with Gasteiger partial charge in [0.25, 0.3) is 11.5 Å². The highest BCUT2D eigenvalue weighted by Crippen LogP contribution is 2.07. The van der Waals surface area contributed by atoms with Crippen LogP contribution in [-0.4, -0.2) is 47.8 Å². The van der Waals surface area contributed by atoms with Crippen molar-refractivity contribution in [1.82, 2.24) is 20.0 Å². The van der Waals surface area contributed by atoms with Crippen LogP contribution in [0.3, 0.4) is 0 Å². The van der Waals surface area contributed by atoms with Gasteiger partial charge in [0.2, 0.25) is 0 Å². The van der Waals surface area contributed by atoms with Gasteiger partial charge in [0, 0.05) is 26.2 Å². The van der Waals surface area contributed by atoms with Crippen molar-refractivity contribution in [1.29, 1.82) is 0 Å². The molecule has 0 bridgehead atoms. The van der Waals surface area contributed by atoms with E-state index in [1.54, 1.807) is 11.9 Å². The number of hydrogen-bond donors (Lipinski definition) is 2. The molecule has 1 aromatic heterocycles. The number of benzene rings is 1. The average molecular weight is 325 g/mol. The molecule has 0 aliphatic heterocycles. The molecular weight excluding hydrogens is 304 g/mol. The van der Waals surface area contributed by atoms with E-state index in [1.807, 2.05) is 38.2 Å². The van der Waals surface area contributed by atoms with Crippen LogP contribution in [0.15, 0.2) is 35.1 Å². The molecular formula is C15H21ClN4O2. The van der Waals surface area contributed by atoms with Gasteiger partial charge in [0.1, 0.15) is 5.69 Å². The van der Waals surface area contributed by atoms with Gasteiger partial charge in [-0.1, -0.05) is 17.7 Å². The van der Waals surface area contributed by atoms with Crippen LogP contribution in [0.2, 0.25) is 0 Å². The van der Waals surface area contributed by atoms with Crippen molar-refractivity contribution in [2.24, 2.45) is 0 Å². The maximum Gasteiger partial charge on any atom is 0.271 e. The van der Waals surface area contributed by atoms with Gasteiger partial charge in [-0.25, -0.2) is 4.68 Å². The number of carbonyl (C=O) groups excluding carboxylic acids is 1. The van der Waals surface area contributed by atoms with E-state index < -0.39 is 0 Å². The van der Waals surface area contributed by atoms with Crippen molar-refractivity contribution in [2.45, 2.75) is 6.92 Å². The summed E-state index contributed by atoms with van der Waals surface area (Å²) in [7, 11) is 3.54. The zero-order valence-electron chi connectivity index (χ0n) is 12.9. The predicted molar refractivity (Wildman–Crippen MR) is 89.3 cm³/mol. The maximum atomic E-state index is 12.2. The smallest absolute Gasteiger partial charge is 0.271 e. The summed E-state index contributed by atoms with van der Waals surface area (Å²) in [6.07, 6.45) is 0. The van der Waals surface area contributed by atoms with E-state index in [9.17, 15) is 9.59 Å². The number of nitrogens with one attached hydrogen (secondary N) is 2. The SMILES string of the molecule is CNCCN(C)C(=O)c1cc(=O)n(-c2ccc(C)cc2)[nH]1.Cl. The van der Waals surface area contributed by atoms with Crippen LogP contribution in [0.4, 0.5) is 0 Å². The molecule has 6 nitrogen and oxygen atoms in total. The molecule has 0 radical (unpaired) electrons. The Morgan fingerprint density at radius 3 is 2.55 bits per heavy atom. The Balaban J connectivity index is 0.00000242. The third-order valence-corrected chi connectivity index (χ3v) is 3.29. The third-order valence-electron chi connectivity index (χ3n) is 3.29. The number of aromatic amines is 1. The van der Waals surface area contributed by atoms with Gasteiger partial charge in [0.15, 0.2) is 0 Å². The summed E-state index contributed by atoms with van der Waals surface area (Å²) in [5, 5.41) is 5.85. The van der Waals surface area contributed by atoms with Crippen LogP contribution in [0.5, 0.6) is 0 Å². The fraction of sp³-hybridized carbons (Fsp3) is 0.333. The second kappa shape index (κ2) is 7.82. The van der Waals surface area contributed by atoms with Crippen LogP contribution in [-0.2, 0) is 0 Å². The molecule has 1 aromatic carbocycles. The molecule has 1 amide bonds. The van der Waals surface area contributed by atoms with Gasteiger partial charge >= 0.3 is 0 Å². The number of likely N-dealkylation sites (N-methyl/N-ethyl adjacent to an activating group) is 2. The number of amides is 1. The molecule has 0 spiro atoms. The Morgan fingerprint density at radius 2 is 1.95 bits per heavy atom. The summed E-state index contributed by atoms with van der Waals surface area (Å²) >= 11 is 0. The minimum absolute atomic E-state index is 0. The molecule has 0 saturated carbocycles. The van der Waals surface area contributed by atoms with Gasteiger partial charge in [-0.3, -0.25) is 14.7 Å². The van der Waals surface area contributed by atoms with Gasteiger partial charge in [0.05, 0.1) is 5.69 Å². The van der Waals surface area contributed by atoms with Crippen molar-refractivity contribution in [3.63, 3.8) is 0 Å². The first-order chi connectivity index (χ1) is 10.0. The first-order valence-corrected chi connectivity index (χ1v) is 6.82. The molecule has 0 atom stereocenters. The molecule has 0 saturated heterocycles. The van der Waals surface area contributed by atoms with Gasteiger partial charge in [-0.15, -0.1) is 12.4 Å². The fourth-order valence-electron chi connectivity index (χ4n) is 1.98. The molecule has 2 N–H and O–H groups in total. The van der Waals surface area contributed by atoms with Crippen molar-refractivity contribution in [3.8, 4) is 5.69 Å². The number of hydrogen-bond acceptors (Lipinski definition) is 3. The summed E-state index contributed by atoms with van der Waals surface area (Å²) in [5.74, 6) is -0.201. The van der Waals surface area contributed by atoms with E-state index in [0.717, 1.165) is 5.56 Å². The molecule has 2 aromatic rings. The largest absolute Gasteiger partial charge is 0.339 e. The highest BCUT2D eigenvalue weighted by molar-refractivity contribution is 5.92. The molecule has 22 heavy (non-hydrogen) atoms. The number of rotatable bonds is 5. The lowest BCUT2D eigenvalue weighted by atomic mass is 10.2. The molecule has 2 rings (SSSR count). The molecule has 7 heteroatoms. The van der Waals surface area contributed by atoms with Crippen molar-refractivity contribution in [2.75, 3.05) is 27.2 Å². The lowest BCUT2D eigenvalue weighted by Gasteiger charge is -2.15. The molecule has 0 unspecified atom stereocenters. The Labute approximate surface area is 135 Å². The minimum Gasteiger partial charge on any atom is -0.339 e. The highest BCUT2D eigenvalue weighted by Gasteiger charge is 2.15. The van der Waals surface area contributed by atoms with Crippen molar-refractivity contribution < 1.29 is 4.79 Å². The van der Waals surface area contributed by atoms with Crippen LogP contribution in [0.25, 0.3) is 5.69 Å². The number of aromatic nitrogens is 2. The monoisotopic (exact) mass is 324 g/mol. The molecule has 120 valence electrons. The maximum absolute atomic E-state index is 12.2. The van der Waals surface area contributed by atoms with Crippen molar-refractivity contribution in [3.05, 3.63) is 51.9 Å². The Bertz CT molecular complexity index is 676. The Morgan fingerprint density at radius 1 is 1.32 bits per heavy atom. The van der Waals surface area contributed by atoms with Crippen molar-refractivity contribution >= 4 is 18.3 Å². The van der Waals surface area contributed by atoms with E-state index in [-0.39, 0.29) is 23.9 Å². The number of carbonyl (C=O) groups is 1. The van der Waals surface area contributed by atoms with Gasteiger partial charge < -0.3 is 10.2 Å². The van der Waals surface area contributed by atoms with E-state index >= 15 is 0 Å². The Kier molecular flexibility index (Phi) is 6.39. The predicted octanol–water partition coefficient (Wildman–Crippen LogP) is 1.19. The number of halogens is 1. The number of nitrogens with zero attached hydrogens (tertiary/aromatic N) is 2. The first kappa shape index (κ1) is 18.0. The second-order valence-corrected chi connectivity index (χ2v) is 5.01. The minimum atomic E-state index is -0.246. The fourth-order valence-corrected chi connectivity index (χ4v) is 1.98. The Hall–Kier alpha value is -2.05. The second-order valence-electron chi connectivity index (χ2n) is 5.01. The molecule has 0 fully saturated rings. The topological polar surface area (TPSA) is 70.1 Å². The molecule has 0 aliphatic rings.